The van der Waals surface area contributed by atoms with E-state index in [-0.39, 0.29) is 17.4 Å². The van der Waals surface area contributed by atoms with Gasteiger partial charge in [0.15, 0.2) is 6.10 Å². The smallest absolute Gasteiger partial charge is 0.347 e. The molecule has 0 amide bonds. The van der Waals surface area contributed by atoms with Crippen molar-refractivity contribution in [2.75, 3.05) is 0 Å². The maximum Gasteiger partial charge on any atom is 0.347 e. The highest BCUT2D eigenvalue weighted by atomic mass is 35.5. The van der Waals surface area contributed by atoms with Gasteiger partial charge in [0.2, 0.25) is 0 Å². The van der Waals surface area contributed by atoms with Gasteiger partial charge in [0.05, 0.1) is 15.1 Å². The van der Waals surface area contributed by atoms with E-state index in [4.69, 9.17) is 44.3 Å². The molecule has 0 aliphatic carbocycles. The van der Waals surface area contributed by atoms with E-state index in [9.17, 15) is 4.79 Å². The van der Waals surface area contributed by atoms with Crippen molar-refractivity contribution in [2.45, 2.75) is 19.6 Å². The van der Waals surface area contributed by atoms with Crippen LogP contribution in [-0.4, -0.2) is 12.1 Å². The van der Waals surface area contributed by atoms with Crippen LogP contribution in [-0.2, 0) is 16.1 Å². The van der Waals surface area contributed by atoms with Crippen molar-refractivity contribution in [3.05, 3.63) is 87.4 Å². The van der Waals surface area contributed by atoms with Gasteiger partial charge in [0, 0.05) is 6.07 Å². The first-order chi connectivity index (χ1) is 13.4. The highest BCUT2D eigenvalue weighted by Gasteiger charge is 2.19. The van der Waals surface area contributed by atoms with E-state index < -0.39 is 12.1 Å². The lowest BCUT2D eigenvalue weighted by atomic mass is 10.0. The summed E-state index contributed by atoms with van der Waals surface area (Å²) in [5.74, 6) is -0.234. The van der Waals surface area contributed by atoms with Gasteiger partial charge in [0.1, 0.15) is 12.4 Å². The molecule has 28 heavy (non-hydrogen) atoms. The van der Waals surface area contributed by atoms with Crippen LogP contribution in [0.4, 0.5) is 0 Å². The van der Waals surface area contributed by atoms with Gasteiger partial charge in [0.25, 0.3) is 0 Å². The molecule has 0 saturated carbocycles. The Bertz CT molecular complexity index is 957. The number of halogens is 3. The third-order valence-corrected chi connectivity index (χ3v) is 5.07. The van der Waals surface area contributed by atoms with Crippen LogP contribution in [0.15, 0.2) is 66.7 Å². The Labute approximate surface area is 178 Å². The van der Waals surface area contributed by atoms with E-state index in [0.29, 0.717) is 10.0 Å². The molecule has 6 heteroatoms. The zero-order chi connectivity index (χ0) is 20.1. The van der Waals surface area contributed by atoms with Gasteiger partial charge >= 0.3 is 5.97 Å². The average molecular weight is 436 g/mol. The largest absolute Gasteiger partial charge is 0.477 e. The molecule has 0 spiro atoms. The molecular weight excluding hydrogens is 419 g/mol. The Kier molecular flexibility index (Phi) is 6.84. The fourth-order valence-corrected chi connectivity index (χ4v) is 3.11. The molecule has 0 fully saturated rings. The molecule has 3 aromatic rings. The molecule has 0 aromatic heterocycles. The van der Waals surface area contributed by atoms with E-state index in [1.807, 2.05) is 54.6 Å². The zero-order valence-corrected chi connectivity index (χ0v) is 17.3. The van der Waals surface area contributed by atoms with Gasteiger partial charge in [-0.3, -0.25) is 0 Å². The van der Waals surface area contributed by atoms with Gasteiger partial charge in [-0.25, -0.2) is 4.79 Å². The van der Waals surface area contributed by atoms with Crippen LogP contribution in [0.25, 0.3) is 11.1 Å². The number of carbonyl (C=O) groups excluding carboxylic acids is 1. The molecule has 0 N–H and O–H groups in total. The maximum atomic E-state index is 12.2. The van der Waals surface area contributed by atoms with Gasteiger partial charge in [-0.15, -0.1) is 0 Å². The summed E-state index contributed by atoms with van der Waals surface area (Å²) < 4.78 is 10.9. The second-order valence-corrected chi connectivity index (χ2v) is 7.35. The van der Waals surface area contributed by atoms with Crippen molar-refractivity contribution in [3.63, 3.8) is 0 Å². The number of benzene rings is 3. The molecule has 144 valence electrons. The average Bonchev–Trinajstić information content (AvgIpc) is 2.71. The molecule has 0 saturated heterocycles. The Balaban J connectivity index is 1.57. The Morgan fingerprint density at radius 3 is 2.14 bits per heavy atom. The summed E-state index contributed by atoms with van der Waals surface area (Å²) >= 11 is 17.9. The zero-order valence-electron chi connectivity index (χ0n) is 15.0. The maximum absolute atomic E-state index is 12.2. The van der Waals surface area contributed by atoms with Crippen LogP contribution < -0.4 is 4.74 Å². The summed E-state index contributed by atoms with van der Waals surface area (Å²) in [4.78, 5) is 12.2. The lowest BCUT2D eigenvalue weighted by Crippen LogP contribution is -2.26. The minimum Gasteiger partial charge on any atom is -0.477 e. The molecule has 3 aromatic carbocycles. The number of rotatable bonds is 6. The summed E-state index contributed by atoms with van der Waals surface area (Å²) in [7, 11) is 0. The van der Waals surface area contributed by atoms with Crippen LogP contribution in [0, 0.1) is 0 Å². The Morgan fingerprint density at radius 2 is 1.46 bits per heavy atom. The first-order valence-corrected chi connectivity index (χ1v) is 9.69. The normalized spacial score (nSPS) is 11.7. The summed E-state index contributed by atoms with van der Waals surface area (Å²) in [5.41, 5.74) is 3.11. The van der Waals surface area contributed by atoms with Crippen LogP contribution in [0.3, 0.4) is 0 Å². The highest BCUT2D eigenvalue weighted by molar-refractivity contribution is 6.43. The summed E-state index contributed by atoms with van der Waals surface area (Å²) in [6, 6.07) is 20.8. The van der Waals surface area contributed by atoms with Gasteiger partial charge in [-0.2, -0.15) is 0 Å². The predicted octanol–water partition coefficient (Wildman–Crippen LogP) is 6.82. The number of esters is 1. The van der Waals surface area contributed by atoms with Gasteiger partial charge in [-0.1, -0.05) is 89.4 Å². The number of hydrogen-bond donors (Lipinski definition) is 0. The molecular formula is C22H17Cl3O3. The molecule has 0 heterocycles. The van der Waals surface area contributed by atoms with E-state index in [0.717, 1.165) is 16.7 Å². The van der Waals surface area contributed by atoms with Crippen LogP contribution in [0.2, 0.25) is 15.1 Å². The van der Waals surface area contributed by atoms with Crippen molar-refractivity contribution >= 4 is 40.8 Å². The van der Waals surface area contributed by atoms with Crippen molar-refractivity contribution in [1.29, 1.82) is 0 Å². The molecule has 3 rings (SSSR count). The molecule has 1 atom stereocenters. The molecule has 0 bridgehead atoms. The fraction of sp³-hybridized carbons (Fsp3) is 0.136. The van der Waals surface area contributed by atoms with Crippen LogP contribution in [0.5, 0.6) is 5.75 Å². The summed E-state index contributed by atoms with van der Waals surface area (Å²) in [5, 5.41) is 0.874. The first-order valence-electron chi connectivity index (χ1n) is 8.56. The van der Waals surface area contributed by atoms with E-state index in [2.05, 4.69) is 0 Å². The third kappa shape index (κ3) is 5.20. The third-order valence-electron chi connectivity index (χ3n) is 4.05. The SMILES string of the molecule is CC(Oc1cc(Cl)c(Cl)cc1Cl)C(=O)OCc1ccc(-c2ccccc2)cc1. The first kappa shape index (κ1) is 20.5. The standard InChI is InChI=1S/C22H17Cl3O3/c1-14(28-21-12-19(24)18(23)11-20(21)25)22(26)27-13-15-7-9-17(10-8-15)16-5-3-2-4-6-16/h2-12,14H,13H2,1H3. The van der Waals surface area contributed by atoms with Crippen molar-refractivity contribution in [3.8, 4) is 16.9 Å². The summed E-state index contributed by atoms with van der Waals surface area (Å²) in [6.45, 7) is 1.73. The Morgan fingerprint density at radius 1 is 0.857 bits per heavy atom. The second-order valence-electron chi connectivity index (χ2n) is 6.13. The quantitative estimate of drug-likeness (QED) is 0.314. The van der Waals surface area contributed by atoms with Gasteiger partial charge < -0.3 is 9.47 Å². The number of hydrogen-bond acceptors (Lipinski definition) is 3. The van der Waals surface area contributed by atoms with Crippen molar-refractivity contribution in [1.82, 2.24) is 0 Å². The fourth-order valence-electron chi connectivity index (χ4n) is 2.53. The molecule has 0 aliphatic rings. The van der Waals surface area contributed by atoms with Crippen LogP contribution >= 0.6 is 34.8 Å². The van der Waals surface area contributed by atoms with E-state index in [1.165, 1.54) is 12.1 Å². The lowest BCUT2D eigenvalue weighted by Gasteiger charge is -2.15. The molecule has 1 unspecified atom stereocenters. The highest BCUT2D eigenvalue weighted by Crippen LogP contribution is 2.34. The minimum absolute atomic E-state index is 0.150. The number of ether oxygens (including phenoxy) is 2. The summed E-state index contributed by atoms with van der Waals surface area (Å²) in [6.07, 6.45) is -0.849. The van der Waals surface area contributed by atoms with Crippen molar-refractivity contribution < 1.29 is 14.3 Å². The topological polar surface area (TPSA) is 35.5 Å². The Hall–Kier alpha value is -2.20. The van der Waals surface area contributed by atoms with Crippen LogP contribution in [0.1, 0.15) is 12.5 Å². The van der Waals surface area contributed by atoms with E-state index >= 15 is 0 Å². The monoisotopic (exact) mass is 434 g/mol. The lowest BCUT2D eigenvalue weighted by molar-refractivity contribution is -0.152. The van der Waals surface area contributed by atoms with Crippen molar-refractivity contribution in [2.24, 2.45) is 0 Å². The minimum atomic E-state index is -0.849. The van der Waals surface area contributed by atoms with Gasteiger partial charge in [-0.05, 0) is 29.7 Å². The molecule has 3 nitrogen and oxygen atoms in total. The van der Waals surface area contributed by atoms with E-state index in [1.54, 1.807) is 6.92 Å². The second kappa shape index (κ2) is 9.33. The predicted molar refractivity (Wildman–Crippen MR) is 113 cm³/mol. The molecule has 0 aliphatic heterocycles. The molecule has 0 radical (unpaired) electrons. The number of carbonyl (C=O) groups is 1.